The molecule has 0 fully saturated rings. The number of anilines is 2. The minimum Gasteiger partial charge on any atom is -0.507 e. The number of fused-ring (bicyclic) bond motifs is 2. The molecule has 0 aliphatic carbocycles. The molecule has 0 aliphatic rings. The average Bonchev–Trinajstić information content (AvgIpc) is 2.72. The molecule has 0 bridgehead atoms. The Hall–Kier alpha value is -3.49. The molecule has 0 spiro atoms. The van der Waals surface area contributed by atoms with Gasteiger partial charge >= 0.3 is 0 Å². The Morgan fingerprint density at radius 3 is 1.41 bits per heavy atom. The number of phenolic OH excluding ortho intramolecular Hbond substituents is 2. The van der Waals surface area contributed by atoms with Gasteiger partial charge in [-0.2, -0.15) is 16.8 Å². The first-order chi connectivity index (χ1) is 15.8. The Kier molecular flexibility index (Phi) is 5.83. The largest absolute Gasteiger partial charge is 0.507 e. The molecular formula is C21H16N2O8S3. The molecule has 13 heteroatoms. The third kappa shape index (κ3) is 4.60. The second-order valence-electron chi connectivity index (χ2n) is 7.22. The molecule has 4 rings (SSSR count). The number of thiocarbonyl (C=S) groups is 1. The minimum absolute atomic E-state index is 0.0384. The van der Waals surface area contributed by atoms with E-state index in [1.54, 1.807) is 36.4 Å². The van der Waals surface area contributed by atoms with Crippen LogP contribution in [-0.4, -0.2) is 41.3 Å². The number of nitrogens with one attached hydrogen (secondary N) is 2. The lowest BCUT2D eigenvalue weighted by Crippen LogP contribution is -2.19. The lowest BCUT2D eigenvalue weighted by molar-refractivity contribution is 0.470. The zero-order valence-electron chi connectivity index (χ0n) is 16.9. The Balaban J connectivity index is 1.70. The third-order valence-electron chi connectivity index (χ3n) is 4.95. The maximum Gasteiger partial charge on any atom is 0.294 e. The summed E-state index contributed by atoms with van der Waals surface area (Å²) in [6.45, 7) is 0. The molecule has 6 N–H and O–H groups in total. The fraction of sp³-hybridized carbons (Fsp3) is 0. The van der Waals surface area contributed by atoms with Crippen LogP contribution in [0, 0.1) is 0 Å². The maximum absolute atomic E-state index is 11.4. The van der Waals surface area contributed by atoms with Crippen molar-refractivity contribution in [1.82, 2.24) is 0 Å². The highest BCUT2D eigenvalue weighted by atomic mass is 32.2. The van der Waals surface area contributed by atoms with Crippen molar-refractivity contribution < 1.29 is 36.2 Å². The van der Waals surface area contributed by atoms with Gasteiger partial charge in [0.1, 0.15) is 11.5 Å². The molecule has 0 atom stereocenters. The number of aromatic hydroxyl groups is 2. The molecule has 4 aromatic carbocycles. The highest BCUT2D eigenvalue weighted by Crippen LogP contribution is 2.36. The number of benzene rings is 4. The van der Waals surface area contributed by atoms with E-state index >= 15 is 0 Å². The summed E-state index contributed by atoms with van der Waals surface area (Å²) in [5.41, 5.74) is 0.653. The van der Waals surface area contributed by atoms with E-state index in [1.165, 1.54) is 12.1 Å². The fourth-order valence-electron chi connectivity index (χ4n) is 3.54. The Labute approximate surface area is 199 Å². The van der Waals surface area contributed by atoms with Crippen LogP contribution in [0.3, 0.4) is 0 Å². The summed E-state index contributed by atoms with van der Waals surface area (Å²) in [4.78, 5) is -0.934. The average molecular weight is 521 g/mol. The fourth-order valence-corrected chi connectivity index (χ4v) is 4.83. The van der Waals surface area contributed by atoms with Crippen LogP contribution in [0.25, 0.3) is 21.5 Å². The predicted octanol–water partition coefficient (Wildman–Crippen LogP) is 3.71. The lowest BCUT2D eigenvalue weighted by atomic mass is 10.1. The van der Waals surface area contributed by atoms with Crippen molar-refractivity contribution in [3.05, 3.63) is 60.7 Å². The van der Waals surface area contributed by atoms with Crippen LogP contribution in [0.2, 0.25) is 0 Å². The molecule has 0 unspecified atom stereocenters. The van der Waals surface area contributed by atoms with Gasteiger partial charge < -0.3 is 20.8 Å². The summed E-state index contributed by atoms with van der Waals surface area (Å²) < 4.78 is 64.3. The Morgan fingerprint density at radius 1 is 0.676 bits per heavy atom. The van der Waals surface area contributed by atoms with E-state index in [1.807, 2.05) is 0 Å². The van der Waals surface area contributed by atoms with Gasteiger partial charge in [-0.05, 0) is 47.3 Å². The van der Waals surface area contributed by atoms with Crippen LogP contribution < -0.4 is 10.6 Å². The second-order valence-corrected chi connectivity index (χ2v) is 10.5. The molecule has 10 nitrogen and oxygen atoms in total. The SMILES string of the molecule is O=S(=O)(O)c1cc(O)c2c(NC(=S)Nc3cccc4cc(S(=O)(=O)O)cc(O)c34)cccc2c1. The van der Waals surface area contributed by atoms with Crippen LogP contribution in [0.4, 0.5) is 11.4 Å². The molecule has 34 heavy (non-hydrogen) atoms. The van der Waals surface area contributed by atoms with Crippen LogP contribution >= 0.6 is 12.2 Å². The van der Waals surface area contributed by atoms with Crippen molar-refractivity contribution >= 4 is 70.5 Å². The molecule has 0 saturated carbocycles. The highest BCUT2D eigenvalue weighted by Gasteiger charge is 2.17. The molecule has 0 radical (unpaired) electrons. The minimum atomic E-state index is -4.53. The van der Waals surface area contributed by atoms with E-state index in [0.717, 1.165) is 12.1 Å². The van der Waals surface area contributed by atoms with Crippen molar-refractivity contribution in [2.75, 3.05) is 10.6 Å². The molecule has 0 aliphatic heterocycles. The van der Waals surface area contributed by atoms with E-state index in [4.69, 9.17) is 12.2 Å². The summed E-state index contributed by atoms with van der Waals surface area (Å²) in [6, 6.07) is 13.6. The summed E-state index contributed by atoms with van der Waals surface area (Å²) in [6.07, 6.45) is 0. The van der Waals surface area contributed by atoms with E-state index in [-0.39, 0.29) is 15.9 Å². The van der Waals surface area contributed by atoms with Gasteiger partial charge in [-0.25, -0.2) is 0 Å². The van der Waals surface area contributed by atoms with E-state index in [0.29, 0.717) is 22.1 Å². The van der Waals surface area contributed by atoms with Gasteiger partial charge in [0.05, 0.1) is 21.2 Å². The summed E-state index contributed by atoms with van der Waals surface area (Å²) in [7, 11) is -9.05. The van der Waals surface area contributed by atoms with Gasteiger partial charge in [-0.1, -0.05) is 24.3 Å². The summed E-state index contributed by atoms with van der Waals surface area (Å²) in [5, 5.41) is 27.7. The number of hydrogen-bond donors (Lipinski definition) is 6. The first-order valence-corrected chi connectivity index (χ1v) is 12.7. The maximum atomic E-state index is 11.4. The topological polar surface area (TPSA) is 173 Å². The molecule has 176 valence electrons. The monoisotopic (exact) mass is 520 g/mol. The Bertz CT molecular complexity index is 1580. The molecule has 0 aromatic heterocycles. The van der Waals surface area contributed by atoms with Gasteiger partial charge in [0.15, 0.2) is 5.11 Å². The van der Waals surface area contributed by atoms with Crippen molar-refractivity contribution in [2.45, 2.75) is 9.79 Å². The van der Waals surface area contributed by atoms with Crippen LogP contribution in [0.5, 0.6) is 11.5 Å². The molecule has 4 aromatic rings. The zero-order valence-corrected chi connectivity index (χ0v) is 19.4. The summed E-state index contributed by atoms with van der Waals surface area (Å²) >= 11 is 5.34. The van der Waals surface area contributed by atoms with Crippen molar-refractivity contribution in [3.63, 3.8) is 0 Å². The van der Waals surface area contributed by atoms with Gasteiger partial charge in [0.2, 0.25) is 0 Å². The second kappa shape index (κ2) is 8.38. The smallest absolute Gasteiger partial charge is 0.294 e. The first kappa shape index (κ1) is 23.7. The first-order valence-electron chi connectivity index (χ1n) is 9.39. The quantitative estimate of drug-likeness (QED) is 0.171. The van der Waals surface area contributed by atoms with E-state index < -0.39 is 41.5 Å². The lowest BCUT2D eigenvalue weighted by Gasteiger charge is -2.16. The molecule has 0 saturated heterocycles. The summed E-state index contributed by atoms with van der Waals surface area (Å²) in [5.74, 6) is -0.812. The van der Waals surface area contributed by atoms with Crippen LogP contribution in [-0.2, 0) is 20.2 Å². The highest BCUT2D eigenvalue weighted by molar-refractivity contribution is 7.86. The predicted molar refractivity (Wildman–Crippen MR) is 131 cm³/mol. The molecular weight excluding hydrogens is 504 g/mol. The van der Waals surface area contributed by atoms with Gasteiger partial charge in [0, 0.05) is 22.9 Å². The van der Waals surface area contributed by atoms with Gasteiger partial charge in [-0.3, -0.25) is 9.11 Å². The molecule has 0 heterocycles. The third-order valence-corrected chi connectivity index (χ3v) is 6.82. The van der Waals surface area contributed by atoms with Crippen LogP contribution in [0.15, 0.2) is 70.5 Å². The van der Waals surface area contributed by atoms with E-state index in [2.05, 4.69) is 10.6 Å². The normalized spacial score (nSPS) is 12.1. The van der Waals surface area contributed by atoms with Crippen molar-refractivity contribution in [1.29, 1.82) is 0 Å². The van der Waals surface area contributed by atoms with Gasteiger partial charge in [0.25, 0.3) is 20.2 Å². The molecule has 0 amide bonds. The van der Waals surface area contributed by atoms with E-state index in [9.17, 15) is 36.2 Å². The Morgan fingerprint density at radius 2 is 1.06 bits per heavy atom. The number of rotatable bonds is 4. The van der Waals surface area contributed by atoms with Crippen LogP contribution in [0.1, 0.15) is 0 Å². The zero-order chi connectivity index (χ0) is 24.8. The van der Waals surface area contributed by atoms with Gasteiger partial charge in [-0.15, -0.1) is 0 Å². The number of hydrogen-bond acceptors (Lipinski definition) is 7. The van der Waals surface area contributed by atoms with Crippen molar-refractivity contribution in [3.8, 4) is 11.5 Å². The van der Waals surface area contributed by atoms with Crippen molar-refractivity contribution in [2.24, 2.45) is 0 Å². The number of phenols is 2. The standard InChI is InChI=1S/C21H16N2O8S3/c24-17-9-13(33(26,27)28)7-11-3-1-5-15(19(11)17)22-21(32)23-16-6-2-4-12-8-14(34(29,30)31)10-18(25)20(12)16/h1-10,24-25H,(H2,22,23,32)(H,26,27,28)(H,29,30,31).